The maximum Gasteiger partial charge on any atom is 0.271 e. The number of halogens is 1. The first-order valence-electron chi connectivity index (χ1n) is 9.73. The van der Waals surface area contributed by atoms with Gasteiger partial charge >= 0.3 is 0 Å². The van der Waals surface area contributed by atoms with Crippen LogP contribution in [0, 0.1) is 18.3 Å². The Morgan fingerprint density at radius 1 is 1.10 bits per heavy atom. The van der Waals surface area contributed by atoms with Crippen molar-refractivity contribution < 1.29 is 4.79 Å². The molecule has 152 valence electrons. The molecule has 1 heterocycles. The van der Waals surface area contributed by atoms with Gasteiger partial charge < -0.3 is 4.57 Å². The molecule has 0 spiro atoms. The van der Waals surface area contributed by atoms with E-state index < -0.39 is 0 Å². The van der Waals surface area contributed by atoms with E-state index >= 15 is 0 Å². The molecule has 1 amide bonds. The van der Waals surface area contributed by atoms with E-state index in [1.165, 1.54) is 0 Å². The highest BCUT2D eigenvalue weighted by Gasteiger charge is 2.14. The second-order valence-corrected chi connectivity index (χ2v) is 7.51. The van der Waals surface area contributed by atoms with Gasteiger partial charge in [-0.15, -0.1) is 0 Å². The fourth-order valence-corrected chi connectivity index (χ4v) is 3.71. The van der Waals surface area contributed by atoms with Crippen LogP contribution in [-0.2, 0) is 6.54 Å². The number of hydrazone groups is 1. The molecule has 0 aliphatic rings. The van der Waals surface area contributed by atoms with E-state index in [1.54, 1.807) is 30.5 Å². The number of hydrogen-bond donors (Lipinski definition) is 1. The Kier molecular flexibility index (Phi) is 5.83. The standard InChI is InChI=1S/C25H19ClN4O/c1-17-23(15-28-29-25(31)18-10-12-21(26)13-11-18)22-8-4-5-9-24(22)30(17)16-20-7-3-2-6-19(20)14-27/h2-13,15H,16H2,1H3,(H,29,31)/b28-15-. The van der Waals surface area contributed by atoms with E-state index in [2.05, 4.69) is 21.2 Å². The van der Waals surface area contributed by atoms with Crippen molar-refractivity contribution in [3.63, 3.8) is 0 Å². The molecule has 0 unspecified atom stereocenters. The number of benzene rings is 3. The van der Waals surface area contributed by atoms with Crippen molar-refractivity contribution >= 4 is 34.6 Å². The van der Waals surface area contributed by atoms with Crippen molar-refractivity contribution in [1.29, 1.82) is 5.26 Å². The van der Waals surface area contributed by atoms with Gasteiger partial charge in [0, 0.05) is 39.3 Å². The molecule has 0 saturated carbocycles. The first-order chi connectivity index (χ1) is 15.1. The molecule has 0 bridgehead atoms. The maximum atomic E-state index is 12.3. The second-order valence-electron chi connectivity index (χ2n) is 7.08. The summed E-state index contributed by atoms with van der Waals surface area (Å²) in [4.78, 5) is 12.3. The molecule has 6 heteroatoms. The lowest BCUT2D eigenvalue weighted by molar-refractivity contribution is 0.0955. The molecule has 5 nitrogen and oxygen atoms in total. The van der Waals surface area contributed by atoms with Gasteiger partial charge in [0.25, 0.3) is 5.91 Å². The number of nitriles is 1. The highest BCUT2D eigenvalue weighted by molar-refractivity contribution is 6.30. The Morgan fingerprint density at radius 2 is 1.81 bits per heavy atom. The largest absolute Gasteiger partial charge is 0.340 e. The lowest BCUT2D eigenvalue weighted by Crippen LogP contribution is -2.17. The Morgan fingerprint density at radius 3 is 2.58 bits per heavy atom. The van der Waals surface area contributed by atoms with Gasteiger partial charge in [0.2, 0.25) is 0 Å². The van der Waals surface area contributed by atoms with Crippen LogP contribution in [0.3, 0.4) is 0 Å². The first kappa shape index (κ1) is 20.4. The minimum Gasteiger partial charge on any atom is -0.340 e. The number of carbonyl (C=O) groups excluding carboxylic acids is 1. The molecule has 0 radical (unpaired) electrons. The summed E-state index contributed by atoms with van der Waals surface area (Å²) in [5, 5.41) is 15.2. The number of amides is 1. The van der Waals surface area contributed by atoms with Gasteiger partial charge in [0.15, 0.2) is 0 Å². The molecule has 4 aromatic rings. The molecular weight excluding hydrogens is 408 g/mol. The SMILES string of the molecule is Cc1c(/C=N\NC(=O)c2ccc(Cl)cc2)c2ccccc2n1Cc1ccccc1C#N. The molecule has 1 aromatic heterocycles. The van der Waals surface area contributed by atoms with Crippen molar-refractivity contribution in [2.75, 3.05) is 0 Å². The number of rotatable bonds is 5. The molecule has 31 heavy (non-hydrogen) atoms. The van der Waals surface area contributed by atoms with Gasteiger partial charge in [-0.25, -0.2) is 5.43 Å². The lowest BCUT2D eigenvalue weighted by Gasteiger charge is -2.10. The second kappa shape index (κ2) is 8.86. The minimum absolute atomic E-state index is 0.308. The summed E-state index contributed by atoms with van der Waals surface area (Å²) >= 11 is 5.87. The van der Waals surface area contributed by atoms with Crippen molar-refractivity contribution in [1.82, 2.24) is 9.99 Å². The average molecular weight is 427 g/mol. The third kappa shape index (κ3) is 4.20. The topological polar surface area (TPSA) is 70.2 Å². The molecule has 4 rings (SSSR count). The van der Waals surface area contributed by atoms with Gasteiger partial charge in [-0.1, -0.05) is 48.0 Å². The zero-order valence-corrected chi connectivity index (χ0v) is 17.6. The number of carbonyl (C=O) groups is 1. The van der Waals surface area contributed by atoms with Crippen LogP contribution in [0.15, 0.2) is 77.9 Å². The number of para-hydroxylation sites is 1. The van der Waals surface area contributed by atoms with Crippen LogP contribution in [0.4, 0.5) is 0 Å². The molecule has 1 N–H and O–H groups in total. The van der Waals surface area contributed by atoms with Crippen LogP contribution in [-0.4, -0.2) is 16.7 Å². The summed E-state index contributed by atoms with van der Waals surface area (Å²) in [6.45, 7) is 2.58. The summed E-state index contributed by atoms with van der Waals surface area (Å²) < 4.78 is 2.16. The maximum absolute atomic E-state index is 12.3. The van der Waals surface area contributed by atoms with Crippen LogP contribution >= 0.6 is 11.6 Å². The Hall–Kier alpha value is -3.88. The normalized spacial score (nSPS) is 11.0. The van der Waals surface area contributed by atoms with E-state index in [-0.39, 0.29) is 5.91 Å². The van der Waals surface area contributed by atoms with E-state index in [9.17, 15) is 10.1 Å². The highest BCUT2D eigenvalue weighted by atomic mass is 35.5. The number of nitrogens with zero attached hydrogens (tertiary/aromatic N) is 3. The van der Waals surface area contributed by atoms with E-state index in [0.29, 0.717) is 22.7 Å². The first-order valence-corrected chi connectivity index (χ1v) is 10.1. The highest BCUT2D eigenvalue weighted by Crippen LogP contribution is 2.26. The summed E-state index contributed by atoms with van der Waals surface area (Å²) in [7, 11) is 0. The van der Waals surface area contributed by atoms with Gasteiger partial charge in [-0.2, -0.15) is 10.4 Å². The molecule has 3 aromatic carbocycles. The van der Waals surface area contributed by atoms with Gasteiger partial charge in [0.1, 0.15) is 0 Å². The zero-order chi connectivity index (χ0) is 21.8. The molecule has 0 saturated heterocycles. The summed E-state index contributed by atoms with van der Waals surface area (Å²) in [5.74, 6) is -0.308. The third-order valence-corrected chi connectivity index (χ3v) is 5.46. The Bertz CT molecular complexity index is 1330. The fourth-order valence-electron chi connectivity index (χ4n) is 3.58. The van der Waals surface area contributed by atoms with Crippen molar-refractivity contribution in [2.24, 2.45) is 5.10 Å². The van der Waals surface area contributed by atoms with Crippen molar-refractivity contribution in [3.8, 4) is 6.07 Å². The minimum atomic E-state index is -0.308. The number of hydrogen-bond acceptors (Lipinski definition) is 3. The fraction of sp³-hybridized carbons (Fsp3) is 0.0800. The molecular formula is C25H19ClN4O. The van der Waals surface area contributed by atoms with Gasteiger partial charge in [-0.3, -0.25) is 4.79 Å². The summed E-state index contributed by atoms with van der Waals surface area (Å²) in [6, 6.07) is 24.5. The summed E-state index contributed by atoms with van der Waals surface area (Å²) in [6.07, 6.45) is 1.66. The average Bonchev–Trinajstić information content (AvgIpc) is 3.06. The Balaban J connectivity index is 1.65. The van der Waals surface area contributed by atoms with Crippen LogP contribution in [0.25, 0.3) is 10.9 Å². The van der Waals surface area contributed by atoms with Crippen LogP contribution in [0.1, 0.15) is 32.7 Å². The molecule has 0 fully saturated rings. The van der Waals surface area contributed by atoms with Crippen molar-refractivity contribution in [3.05, 3.63) is 106 Å². The molecule has 0 aliphatic heterocycles. The Labute approximate surface area is 185 Å². The number of fused-ring (bicyclic) bond motifs is 1. The predicted molar refractivity (Wildman–Crippen MR) is 123 cm³/mol. The van der Waals surface area contributed by atoms with E-state index in [0.717, 1.165) is 27.7 Å². The predicted octanol–water partition coefficient (Wildman–Crippen LogP) is 5.29. The van der Waals surface area contributed by atoms with Crippen molar-refractivity contribution in [2.45, 2.75) is 13.5 Å². The van der Waals surface area contributed by atoms with E-state index in [1.807, 2.05) is 55.5 Å². The number of nitrogens with one attached hydrogen (secondary N) is 1. The molecule has 0 aliphatic carbocycles. The monoisotopic (exact) mass is 426 g/mol. The quantitative estimate of drug-likeness (QED) is 0.348. The number of aromatic nitrogens is 1. The lowest BCUT2D eigenvalue weighted by atomic mass is 10.1. The van der Waals surface area contributed by atoms with Crippen LogP contribution in [0.2, 0.25) is 5.02 Å². The summed E-state index contributed by atoms with van der Waals surface area (Å²) in [5.41, 5.74) is 7.62. The van der Waals surface area contributed by atoms with E-state index in [4.69, 9.17) is 11.6 Å². The van der Waals surface area contributed by atoms with Gasteiger partial charge in [0.05, 0.1) is 17.8 Å². The van der Waals surface area contributed by atoms with Crippen LogP contribution in [0.5, 0.6) is 0 Å². The smallest absolute Gasteiger partial charge is 0.271 e. The van der Waals surface area contributed by atoms with Crippen LogP contribution < -0.4 is 5.43 Å². The zero-order valence-electron chi connectivity index (χ0n) is 16.8. The molecule has 0 atom stereocenters. The van der Waals surface area contributed by atoms with Gasteiger partial charge in [-0.05, 0) is 48.9 Å². The third-order valence-electron chi connectivity index (χ3n) is 5.21.